The predicted molar refractivity (Wildman–Crippen MR) is 104 cm³/mol. The zero-order valence-electron chi connectivity index (χ0n) is 15.1. The van der Waals surface area contributed by atoms with Gasteiger partial charge < -0.3 is 15.0 Å². The molecule has 0 radical (unpaired) electrons. The molecule has 0 spiro atoms. The fraction of sp³-hybridized carbons (Fsp3) is 0.250. The SMILES string of the molecule is COc1ccc2c(c1)CCCN2C(=O)CNc1ccc(-n2cncn2)cc1. The molecular weight excluding hydrogens is 342 g/mol. The zero-order valence-corrected chi connectivity index (χ0v) is 15.1. The maximum Gasteiger partial charge on any atom is 0.246 e. The van der Waals surface area contributed by atoms with Crippen molar-refractivity contribution in [2.45, 2.75) is 12.8 Å². The summed E-state index contributed by atoms with van der Waals surface area (Å²) in [4.78, 5) is 18.5. The molecule has 1 aliphatic rings. The largest absolute Gasteiger partial charge is 0.497 e. The molecule has 0 saturated carbocycles. The minimum atomic E-state index is 0.0569. The van der Waals surface area contributed by atoms with Crippen molar-refractivity contribution in [1.82, 2.24) is 14.8 Å². The average Bonchev–Trinajstić information content (AvgIpc) is 3.26. The van der Waals surface area contributed by atoms with Crippen molar-refractivity contribution in [3.63, 3.8) is 0 Å². The third-order valence-electron chi connectivity index (χ3n) is 4.70. The molecule has 0 unspecified atom stereocenters. The molecule has 3 aromatic rings. The summed E-state index contributed by atoms with van der Waals surface area (Å²) in [5.74, 6) is 0.884. The molecule has 0 aliphatic carbocycles. The Kier molecular flexibility index (Phi) is 4.74. The topological polar surface area (TPSA) is 72.3 Å². The summed E-state index contributed by atoms with van der Waals surface area (Å²) in [6, 6.07) is 13.6. The second kappa shape index (κ2) is 7.49. The fourth-order valence-electron chi connectivity index (χ4n) is 3.31. The summed E-state index contributed by atoms with van der Waals surface area (Å²) >= 11 is 0. The van der Waals surface area contributed by atoms with E-state index in [9.17, 15) is 4.79 Å². The van der Waals surface area contributed by atoms with Crippen LogP contribution < -0.4 is 15.0 Å². The summed E-state index contributed by atoms with van der Waals surface area (Å²) in [5.41, 5.74) is 3.95. The minimum absolute atomic E-state index is 0.0569. The van der Waals surface area contributed by atoms with E-state index in [0.29, 0.717) is 0 Å². The summed E-state index contributed by atoms with van der Waals surface area (Å²) in [7, 11) is 1.66. The number of amides is 1. The van der Waals surface area contributed by atoms with Gasteiger partial charge in [0.2, 0.25) is 5.91 Å². The molecule has 1 aromatic heterocycles. The molecule has 27 heavy (non-hydrogen) atoms. The molecule has 7 heteroatoms. The third-order valence-corrected chi connectivity index (χ3v) is 4.70. The van der Waals surface area contributed by atoms with Crippen LogP contribution >= 0.6 is 0 Å². The number of rotatable bonds is 5. The lowest BCUT2D eigenvalue weighted by atomic mass is 10.0. The van der Waals surface area contributed by atoms with Crippen LogP contribution in [0.15, 0.2) is 55.1 Å². The second-order valence-corrected chi connectivity index (χ2v) is 6.38. The number of aryl methyl sites for hydroxylation is 1. The highest BCUT2D eigenvalue weighted by Gasteiger charge is 2.22. The lowest BCUT2D eigenvalue weighted by Crippen LogP contribution is -2.39. The molecule has 2 heterocycles. The molecule has 1 amide bonds. The smallest absolute Gasteiger partial charge is 0.246 e. The van der Waals surface area contributed by atoms with Crippen LogP contribution in [-0.2, 0) is 11.2 Å². The van der Waals surface area contributed by atoms with E-state index < -0.39 is 0 Å². The Morgan fingerprint density at radius 3 is 2.81 bits per heavy atom. The maximum absolute atomic E-state index is 12.8. The van der Waals surface area contributed by atoms with E-state index >= 15 is 0 Å². The van der Waals surface area contributed by atoms with E-state index in [0.717, 1.165) is 47.8 Å². The molecule has 7 nitrogen and oxygen atoms in total. The van der Waals surface area contributed by atoms with E-state index in [1.165, 1.54) is 6.33 Å². The van der Waals surface area contributed by atoms with Crippen LogP contribution in [-0.4, -0.2) is 40.9 Å². The summed E-state index contributed by atoms with van der Waals surface area (Å²) < 4.78 is 6.98. The van der Waals surface area contributed by atoms with E-state index in [4.69, 9.17) is 4.74 Å². The van der Waals surface area contributed by atoms with Crippen molar-refractivity contribution < 1.29 is 9.53 Å². The van der Waals surface area contributed by atoms with Crippen molar-refractivity contribution in [2.24, 2.45) is 0 Å². The molecule has 0 atom stereocenters. The highest BCUT2D eigenvalue weighted by Crippen LogP contribution is 2.30. The van der Waals surface area contributed by atoms with Gasteiger partial charge >= 0.3 is 0 Å². The molecule has 138 valence electrons. The van der Waals surface area contributed by atoms with Gasteiger partial charge in [-0.15, -0.1) is 0 Å². The Labute approximate surface area is 157 Å². The Hall–Kier alpha value is -3.35. The average molecular weight is 363 g/mol. The summed E-state index contributed by atoms with van der Waals surface area (Å²) in [6.45, 7) is 0.985. The van der Waals surface area contributed by atoms with E-state index in [1.54, 1.807) is 18.1 Å². The monoisotopic (exact) mass is 363 g/mol. The van der Waals surface area contributed by atoms with Crippen molar-refractivity contribution in [3.8, 4) is 11.4 Å². The Morgan fingerprint density at radius 1 is 1.22 bits per heavy atom. The number of benzene rings is 2. The van der Waals surface area contributed by atoms with Crippen LogP contribution in [0.3, 0.4) is 0 Å². The predicted octanol–water partition coefficient (Wildman–Crippen LogP) is 2.67. The van der Waals surface area contributed by atoms with Gasteiger partial charge in [0.1, 0.15) is 18.4 Å². The molecular formula is C20H21N5O2. The minimum Gasteiger partial charge on any atom is -0.497 e. The lowest BCUT2D eigenvalue weighted by molar-refractivity contribution is -0.117. The third kappa shape index (κ3) is 3.62. The van der Waals surface area contributed by atoms with Gasteiger partial charge in [-0.1, -0.05) is 0 Å². The number of hydrogen-bond donors (Lipinski definition) is 1. The molecule has 2 aromatic carbocycles. The van der Waals surface area contributed by atoms with Gasteiger partial charge in [0.25, 0.3) is 0 Å². The highest BCUT2D eigenvalue weighted by atomic mass is 16.5. The molecule has 1 N–H and O–H groups in total. The first-order valence-electron chi connectivity index (χ1n) is 8.91. The van der Waals surface area contributed by atoms with Gasteiger partial charge in [0.05, 0.1) is 19.3 Å². The molecule has 0 bridgehead atoms. The Morgan fingerprint density at radius 2 is 2.07 bits per heavy atom. The normalized spacial score (nSPS) is 13.1. The molecule has 0 fully saturated rings. The Bertz CT molecular complexity index is 922. The molecule has 0 saturated heterocycles. The number of methoxy groups -OCH3 is 1. The lowest BCUT2D eigenvalue weighted by Gasteiger charge is -2.30. The summed E-state index contributed by atoms with van der Waals surface area (Å²) in [5, 5.41) is 7.31. The fourth-order valence-corrected chi connectivity index (χ4v) is 3.31. The van der Waals surface area contributed by atoms with Crippen LogP contribution in [0.4, 0.5) is 11.4 Å². The van der Waals surface area contributed by atoms with Crippen molar-refractivity contribution in [2.75, 3.05) is 30.4 Å². The van der Waals surface area contributed by atoms with Crippen LogP contribution in [0.25, 0.3) is 5.69 Å². The number of ether oxygens (including phenoxy) is 1. The number of fused-ring (bicyclic) bond motifs is 1. The van der Waals surface area contributed by atoms with Gasteiger partial charge in [0, 0.05) is 17.9 Å². The highest BCUT2D eigenvalue weighted by molar-refractivity contribution is 5.97. The standard InChI is InChI=1S/C20H21N5O2/c1-27-18-8-9-19-15(11-18)3-2-10-24(19)20(26)12-22-16-4-6-17(7-5-16)25-14-21-13-23-25/h4-9,11,13-14,22H,2-3,10,12H2,1H3. The number of aromatic nitrogens is 3. The number of nitrogens with one attached hydrogen (secondary N) is 1. The first-order chi connectivity index (χ1) is 13.2. The van der Waals surface area contributed by atoms with Crippen LogP contribution in [0.1, 0.15) is 12.0 Å². The maximum atomic E-state index is 12.8. The second-order valence-electron chi connectivity index (χ2n) is 6.38. The molecule has 1 aliphatic heterocycles. The zero-order chi connectivity index (χ0) is 18.6. The van der Waals surface area contributed by atoms with Crippen LogP contribution in [0.2, 0.25) is 0 Å². The number of hydrogen-bond acceptors (Lipinski definition) is 5. The van der Waals surface area contributed by atoms with E-state index in [1.807, 2.05) is 47.4 Å². The molecule has 4 rings (SSSR count). The summed E-state index contributed by atoms with van der Waals surface area (Å²) in [6.07, 6.45) is 5.07. The van der Waals surface area contributed by atoms with Crippen molar-refractivity contribution in [3.05, 3.63) is 60.7 Å². The van der Waals surface area contributed by atoms with Crippen LogP contribution in [0, 0.1) is 0 Å². The van der Waals surface area contributed by atoms with Crippen molar-refractivity contribution >= 4 is 17.3 Å². The van der Waals surface area contributed by atoms with Gasteiger partial charge in [-0.3, -0.25) is 4.79 Å². The van der Waals surface area contributed by atoms with Gasteiger partial charge in [0.15, 0.2) is 0 Å². The first kappa shape index (κ1) is 17.1. The van der Waals surface area contributed by atoms with Crippen LogP contribution in [0.5, 0.6) is 5.75 Å². The number of anilines is 2. The first-order valence-corrected chi connectivity index (χ1v) is 8.91. The quantitative estimate of drug-likeness (QED) is 0.755. The van der Waals surface area contributed by atoms with E-state index in [2.05, 4.69) is 15.4 Å². The van der Waals surface area contributed by atoms with Gasteiger partial charge in [-0.25, -0.2) is 9.67 Å². The van der Waals surface area contributed by atoms with Crippen molar-refractivity contribution in [1.29, 1.82) is 0 Å². The number of nitrogens with zero attached hydrogens (tertiary/aromatic N) is 4. The van der Waals surface area contributed by atoms with Gasteiger partial charge in [-0.2, -0.15) is 5.10 Å². The van der Waals surface area contributed by atoms with Gasteiger partial charge in [-0.05, 0) is 60.9 Å². The number of carbonyl (C=O) groups is 1. The Balaban J connectivity index is 1.41. The van der Waals surface area contributed by atoms with E-state index in [-0.39, 0.29) is 12.5 Å². The number of carbonyl (C=O) groups excluding carboxylic acids is 1.